The van der Waals surface area contributed by atoms with Crippen molar-refractivity contribution in [2.75, 3.05) is 30.9 Å². The Morgan fingerprint density at radius 1 is 1.18 bits per heavy atom. The Labute approximate surface area is 139 Å². The van der Waals surface area contributed by atoms with Crippen LogP contribution in [0, 0.1) is 13.8 Å². The van der Waals surface area contributed by atoms with Gasteiger partial charge in [0.1, 0.15) is 5.82 Å². The summed E-state index contributed by atoms with van der Waals surface area (Å²) >= 11 is 3.57. The van der Waals surface area contributed by atoms with Gasteiger partial charge < -0.3 is 15.4 Å². The first kappa shape index (κ1) is 16.7. The molecule has 0 aliphatic carbocycles. The largest absolute Gasteiger partial charge is 0.385 e. The lowest BCUT2D eigenvalue weighted by molar-refractivity contribution is 0.197. The summed E-state index contributed by atoms with van der Waals surface area (Å²) in [6, 6.07) is 8.08. The second-order valence-electron chi connectivity index (χ2n) is 5.10. The first-order valence-electron chi connectivity index (χ1n) is 7.20. The highest BCUT2D eigenvalue weighted by Crippen LogP contribution is 2.26. The quantitative estimate of drug-likeness (QED) is 0.725. The normalized spacial score (nSPS) is 10.5. The van der Waals surface area contributed by atoms with Gasteiger partial charge in [-0.2, -0.15) is 4.98 Å². The molecule has 0 unspecified atom stereocenters. The van der Waals surface area contributed by atoms with Crippen molar-refractivity contribution in [3.8, 4) is 0 Å². The van der Waals surface area contributed by atoms with Gasteiger partial charge in [0.15, 0.2) is 0 Å². The number of aromatic nitrogens is 2. The molecule has 0 atom stereocenters. The van der Waals surface area contributed by atoms with E-state index in [0.717, 1.165) is 41.2 Å². The number of nitrogens with one attached hydrogen (secondary N) is 2. The molecule has 0 radical (unpaired) electrons. The summed E-state index contributed by atoms with van der Waals surface area (Å²) in [5.41, 5.74) is 3.10. The molecule has 118 valence electrons. The summed E-state index contributed by atoms with van der Waals surface area (Å²) < 4.78 is 6.04. The molecule has 0 saturated carbocycles. The minimum absolute atomic E-state index is 0.627. The van der Waals surface area contributed by atoms with E-state index >= 15 is 0 Å². The zero-order valence-electron chi connectivity index (χ0n) is 13.1. The fourth-order valence-corrected chi connectivity index (χ4v) is 2.58. The van der Waals surface area contributed by atoms with Gasteiger partial charge in [-0.1, -0.05) is 6.07 Å². The molecule has 0 fully saturated rings. The topological polar surface area (TPSA) is 59.1 Å². The molecule has 5 nitrogen and oxygen atoms in total. The van der Waals surface area contributed by atoms with E-state index in [1.165, 1.54) is 5.56 Å². The van der Waals surface area contributed by atoms with Gasteiger partial charge >= 0.3 is 0 Å². The van der Waals surface area contributed by atoms with Crippen molar-refractivity contribution in [3.05, 3.63) is 40.0 Å². The van der Waals surface area contributed by atoms with Crippen LogP contribution in [-0.4, -0.2) is 30.2 Å². The number of rotatable bonds is 7. The van der Waals surface area contributed by atoms with Crippen molar-refractivity contribution in [2.45, 2.75) is 20.3 Å². The summed E-state index contributed by atoms with van der Waals surface area (Å²) in [7, 11) is 1.70. The van der Waals surface area contributed by atoms with Gasteiger partial charge in [-0.25, -0.2) is 4.98 Å². The maximum atomic E-state index is 5.03. The average molecular weight is 365 g/mol. The van der Waals surface area contributed by atoms with E-state index in [9.17, 15) is 0 Å². The molecule has 1 aromatic carbocycles. The Bertz CT molecular complexity index is 634. The van der Waals surface area contributed by atoms with E-state index in [4.69, 9.17) is 4.74 Å². The van der Waals surface area contributed by atoms with Crippen molar-refractivity contribution < 1.29 is 4.74 Å². The van der Waals surface area contributed by atoms with Crippen LogP contribution >= 0.6 is 15.9 Å². The van der Waals surface area contributed by atoms with E-state index in [0.29, 0.717) is 5.95 Å². The lowest BCUT2D eigenvalue weighted by Crippen LogP contribution is -2.09. The number of methoxy groups -OCH3 is 1. The maximum Gasteiger partial charge on any atom is 0.224 e. The van der Waals surface area contributed by atoms with Crippen LogP contribution in [0.4, 0.5) is 17.5 Å². The number of aryl methyl sites for hydroxylation is 2. The number of nitrogens with zero attached hydrogens (tertiary/aromatic N) is 2. The van der Waals surface area contributed by atoms with Crippen molar-refractivity contribution >= 4 is 33.4 Å². The number of hydrogen-bond donors (Lipinski definition) is 2. The Balaban J connectivity index is 2.08. The first-order valence-corrected chi connectivity index (χ1v) is 7.99. The van der Waals surface area contributed by atoms with Crippen LogP contribution in [0.15, 0.2) is 28.7 Å². The molecule has 1 heterocycles. The molecule has 22 heavy (non-hydrogen) atoms. The molecule has 0 saturated heterocycles. The van der Waals surface area contributed by atoms with E-state index in [1.807, 2.05) is 19.1 Å². The van der Waals surface area contributed by atoms with Crippen LogP contribution in [0.5, 0.6) is 0 Å². The fraction of sp³-hybridized carbons (Fsp3) is 0.375. The molecule has 1 aromatic heterocycles. The molecule has 6 heteroatoms. The minimum atomic E-state index is 0.627. The highest BCUT2D eigenvalue weighted by molar-refractivity contribution is 9.10. The molecule has 0 amide bonds. The highest BCUT2D eigenvalue weighted by Gasteiger charge is 2.05. The maximum absolute atomic E-state index is 5.03. The lowest BCUT2D eigenvalue weighted by atomic mass is 10.2. The molecular formula is C16H21BrN4O. The van der Waals surface area contributed by atoms with Gasteiger partial charge in [0, 0.05) is 36.5 Å². The summed E-state index contributed by atoms with van der Waals surface area (Å²) in [6.45, 7) is 5.52. The van der Waals surface area contributed by atoms with Gasteiger partial charge in [-0.3, -0.25) is 0 Å². The Morgan fingerprint density at radius 3 is 2.73 bits per heavy atom. The second kappa shape index (κ2) is 8.10. The van der Waals surface area contributed by atoms with Crippen LogP contribution in [0.2, 0.25) is 0 Å². The second-order valence-corrected chi connectivity index (χ2v) is 5.95. The number of halogens is 1. The van der Waals surface area contributed by atoms with Crippen molar-refractivity contribution in [3.63, 3.8) is 0 Å². The Kier molecular flexibility index (Phi) is 6.15. The molecular weight excluding hydrogens is 344 g/mol. The number of benzene rings is 1. The van der Waals surface area contributed by atoms with Crippen LogP contribution in [0.3, 0.4) is 0 Å². The van der Waals surface area contributed by atoms with E-state index in [-0.39, 0.29) is 0 Å². The van der Waals surface area contributed by atoms with Crippen molar-refractivity contribution in [2.24, 2.45) is 0 Å². The standard InChI is InChI=1S/C16H21BrN4O/c1-11-5-6-14(13(17)9-11)20-15-10-12(2)19-16(21-15)18-7-4-8-22-3/h5-6,9-10H,4,7-8H2,1-3H3,(H2,18,19,20,21). The highest BCUT2D eigenvalue weighted by atomic mass is 79.9. The predicted molar refractivity (Wildman–Crippen MR) is 93.9 cm³/mol. The Morgan fingerprint density at radius 2 is 2.00 bits per heavy atom. The summed E-state index contributed by atoms with van der Waals surface area (Å²) in [5.74, 6) is 1.40. The van der Waals surface area contributed by atoms with Gasteiger partial charge in [-0.15, -0.1) is 0 Å². The van der Waals surface area contributed by atoms with E-state index in [1.54, 1.807) is 7.11 Å². The minimum Gasteiger partial charge on any atom is -0.385 e. The molecule has 0 bridgehead atoms. The average Bonchev–Trinajstić information content (AvgIpc) is 2.46. The monoisotopic (exact) mass is 364 g/mol. The van der Waals surface area contributed by atoms with Crippen LogP contribution in [0.1, 0.15) is 17.7 Å². The Hall–Kier alpha value is -1.66. The molecule has 0 spiro atoms. The van der Waals surface area contributed by atoms with Gasteiger partial charge in [-0.05, 0) is 53.9 Å². The molecule has 2 N–H and O–H groups in total. The predicted octanol–water partition coefficient (Wildman–Crippen LogP) is 4.05. The van der Waals surface area contributed by atoms with Gasteiger partial charge in [0.2, 0.25) is 5.95 Å². The van der Waals surface area contributed by atoms with Gasteiger partial charge in [0.25, 0.3) is 0 Å². The SMILES string of the molecule is COCCCNc1nc(C)cc(Nc2ccc(C)cc2Br)n1. The first-order chi connectivity index (χ1) is 10.6. The fourth-order valence-electron chi connectivity index (χ4n) is 1.99. The summed E-state index contributed by atoms with van der Waals surface area (Å²) in [5, 5.41) is 6.54. The summed E-state index contributed by atoms with van der Waals surface area (Å²) in [6.07, 6.45) is 0.917. The number of ether oxygens (including phenoxy) is 1. The smallest absolute Gasteiger partial charge is 0.224 e. The zero-order chi connectivity index (χ0) is 15.9. The molecule has 0 aliphatic rings. The van der Waals surface area contributed by atoms with Gasteiger partial charge in [0.05, 0.1) is 5.69 Å². The zero-order valence-corrected chi connectivity index (χ0v) is 14.7. The molecule has 2 aromatic rings. The van der Waals surface area contributed by atoms with Crippen LogP contribution in [0.25, 0.3) is 0 Å². The van der Waals surface area contributed by atoms with Crippen LogP contribution < -0.4 is 10.6 Å². The molecule has 0 aliphatic heterocycles. The van der Waals surface area contributed by atoms with E-state index < -0.39 is 0 Å². The van der Waals surface area contributed by atoms with Crippen LogP contribution in [-0.2, 0) is 4.74 Å². The molecule has 2 rings (SSSR count). The van der Waals surface area contributed by atoms with Crippen molar-refractivity contribution in [1.29, 1.82) is 0 Å². The lowest BCUT2D eigenvalue weighted by Gasteiger charge is -2.11. The number of anilines is 3. The third-order valence-corrected chi connectivity index (χ3v) is 3.71. The van der Waals surface area contributed by atoms with E-state index in [2.05, 4.69) is 55.6 Å². The third kappa shape index (κ3) is 4.96. The summed E-state index contributed by atoms with van der Waals surface area (Å²) in [4.78, 5) is 8.89. The number of hydrogen-bond acceptors (Lipinski definition) is 5. The third-order valence-electron chi connectivity index (χ3n) is 3.05. The van der Waals surface area contributed by atoms with Crippen molar-refractivity contribution in [1.82, 2.24) is 9.97 Å².